The first-order chi connectivity index (χ1) is 13.9. The molecule has 0 saturated carbocycles. The summed E-state index contributed by atoms with van der Waals surface area (Å²) in [5.41, 5.74) is 5.69. The van der Waals surface area contributed by atoms with Crippen LogP contribution in [0.2, 0.25) is 0 Å². The Balaban J connectivity index is 2.78. The maximum Gasteiger partial charge on any atom is 0.338 e. The second kappa shape index (κ2) is 9.67. The van der Waals surface area contributed by atoms with Gasteiger partial charge in [0.15, 0.2) is 0 Å². The molecular formula is C19H23N3O7. The zero-order chi connectivity index (χ0) is 21.6. The van der Waals surface area contributed by atoms with Gasteiger partial charge in [-0.3, -0.25) is 14.9 Å². The summed E-state index contributed by atoms with van der Waals surface area (Å²) in [6, 6.07) is 5.78. The Morgan fingerprint density at radius 1 is 1.14 bits per heavy atom. The average Bonchev–Trinajstić information content (AvgIpc) is 2.67. The summed E-state index contributed by atoms with van der Waals surface area (Å²) in [4.78, 5) is 40.6. The number of carbonyl (C=O) groups excluding carboxylic acids is 2. The number of hydrogen-bond donors (Lipinski definition) is 1. The molecule has 1 aliphatic rings. The molecule has 0 radical (unpaired) electrons. The first-order valence-electron chi connectivity index (χ1n) is 9.15. The van der Waals surface area contributed by atoms with E-state index in [1.54, 1.807) is 26.8 Å². The highest BCUT2D eigenvalue weighted by Crippen LogP contribution is 2.42. The highest BCUT2D eigenvalue weighted by atomic mass is 16.6. The predicted octanol–water partition coefficient (Wildman–Crippen LogP) is 2.04. The monoisotopic (exact) mass is 405 g/mol. The largest absolute Gasteiger partial charge is 0.480 e. The van der Waals surface area contributed by atoms with Crippen LogP contribution >= 0.6 is 0 Å². The van der Waals surface area contributed by atoms with Gasteiger partial charge in [0.2, 0.25) is 5.90 Å². The lowest BCUT2D eigenvalue weighted by Gasteiger charge is -2.31. The fraction of sp³-hybridized carbons (Fsp3) is 0.421. The van der Waals surface area contributed by atoms with Crippen molar-refractivity contribution in [3.05, 3.63) is 51.3 Å². The van der Waals surface area contributed by atoms with E-state index in [1.165, 1.54) is 18.2 Å². The van der Waals surface area contributed by atoms with E-state index in [0.29, 0.717) is 0 Å². The van der Waals surface area contributed by atoms with Crippen molar-refractivity contribution in [1.29, 1.82) is 0 Å². The van der Waals surface area contributed by atoms with Gasteiger partial charge in [0, 0.05) is 17.5 Å². The number of nitro groups is 1. The average molecular weight is 405 g/mol. The van der Waals surface area contributed by atoms with E-state index in [4.69, 9.17) is 19.9 Å². The van der Waals surface area contributed by atoms with Crippen LogP contribution in [0.4, 0.5) is 5.69 Å². The summed E-state index contributed by atoms with van der Waals surface area (Å²) in [5, 5.41) is 11.6. The van der Waals surface area contributed by atoms with Crippen LogP contribution in [0.5, 0.6) is 0 Å². The molecule has 2 atom stereocenters. The number of benzene rings is 1. The summed E-state index contributed by atoms with van der Waals surface area (Å²) >= 11 is 0. The molecule has 0 amide bonds. The predicted molar refractivity (Wildman–Crippen MR) is 103 cm³/mol. The fourth-order valence-corrected chi connectivity index (χ4v) is 3.15. The van der Waals surface area contributed by atoms with Gasteiger partial charge in [-0.1, -0.05) is 18.2 Å². The van der Waals surface area contributed by atoms with Gasteiger partial charge >= 0.3 is 11.9 Å². The third-order valence-electron chi connectivity index (χ3n) is 4.21. The van der Waals surface area contributed by atoms with Crippen molar-refractivity contribution in [2.45, 2.75) is 26.7 Å². The Kier molecular flexibility index (Phi) is 7.29. The van der Waals surface area contributed by atoms with Crippen LogP contribution in [0, 0.1) is 16.0 Å². The third-order valence-corrected chi connectivity index (χ3v) is 4.21. The normalized spacial score (nSPS) is 18.7. The molecule has 0 unspecified atom stereocenters. The van der Waals surface area contributed by atoms with Crippen LogP contribution in [0.1, 0.15) is 32.3 Å². The first-order valence-corrected chi connectivity index (χ1v) is 9.15. The van der Waals surface area contributed by atoms with Gasteiger partial charge in [-0.2, -0.15) is 4.99 Å². The molecule has 10 heteroatoms. The smallest absolute Gasteiger partial charge is 0.338 e. The maximum absolute atomic E-state index is 12.8. The second-order valence-corrected chi connectivity index (χ2v) is 5.93. The molecule has 0 fully saturated rings. The zero-order valence-corrected chi connectivity index (χ0v) is 16.4. The molecule has 2 rings (SSSR count). The Morgan fingerprint density at radius 3 is 2.38 bits per heavy atom. The lowest BCUT2D eigenvalue weighted by atomic mass is 9.77. The number of ether oxygens (including phenoxy) is 3. The number of hydrogen-bond acceptors (Lipinski definition) is 9. The van der Waals surface area contributed by atoms with Crippen molar-refractivity contribution in [3.8, 4) is 0 Å². The summed E-state index contributed by atoms with van der Waals surface area (Å²) in [6.07, 6.45) is 0. The van der Waals surface area contributed by atoms with E-state index in [1.807, 2.05) is 0 Å². The maximum atomic E-state index is 12.8. The van der Waals surface area contributed by atoms with E-state index in [9.17, 15) is 19.7 Å². The summed E-state index contributed by atoms with van der Waals surface area (Å²) in [6.45, 7) is 5.19. The second-order valence-electron chi connectivity index (χ2n) is 5.93. The number of nitrogens with two attached hydrogens (primary N) is 1. The molecule has 0 saturated heterocycles. The number of esters is 2. The van der Waals surface area contributed by atoms with Crippen LogP contribution in [0.3, 0.4) is 0 Å². The van der Waals surface area contributed by atoms with Gasteiger partial charge in [-0.25, -0.2) is 4.79 Å². The lowest BCUT2D eigenvalue weighted by molar-refractivity contribution is -0.385. The Hall–Kier alpha value is -3.43. The SMILES string of the molecule is CCOC(=O)C1=C(N)N=C(OCC)[C@@H](C(=O)OCC)[C@H]1c1ccccc1[N+](=O)[O-]. The Morgan fingerprint density at radius 2 is 1.79 bits per heavy atom. The highest BCUT2D eigenvalue weighted by Gasteiger charge is 2.47. The van der Waals surface area contributed by atoms with E-state index in [-0.39, 0.29) is 48.4 Å². The molecule has 29 heavy (non-hydrogen) atoms. The molecule has 0 spiro atoms. The van der Waals surface area contributed by atoms with Crippen molar-refractivity contribution >= 4 is 23.5 Å². The Labute approximate surface area is 167 Å². The van der Waals surface area contributed by atoms with E-state index in [2.05, 4.69) is 4.99 Å². The minimum atomic E-state index is -1.23. The molecular weight excluding hydrogens is 382 g/mol. The first kappa shape index (κ1) is 21.9. The van der Waals surface area contributed by atoms with Gasteiger partial charge < -0.3 is 19.9 Å². The topological polar surface area (TPSA) is 143 Å². The molecule has 0 aromatic heterocycles. The minimum absolute atomic E-state index is 0.0469. The molecule has 1 aromatic rings. The molecule has 1 heterocycles. The van der Waals surface area contributed by atoms with Crippen LogP contribution in [0.25, 0.3) is 0 Å². The molecule has 1 aliphatic heterocycles. The number of carbonyl (C=O) groups is 2. The number of aliphatic imine (C=N–C) groups is 1. The van der Waals surface area contributed by atoms with Crippen molar-refractivity contribution in [1.82, 2.24) is 0 Å². The van der Waals surface area contributed by atoms with Gasteiger partial charge in [-0.05, 0) is 20.8 Å². The van der Waals surface area contributed by atoms with E-state index in [0.717, 1.165) is 0 Å². The summed E-state index contributed by atoms with van der Waals surface area (Å²) in [7, 11) is 0. The minimum Gasteiger partial charge on any atom is -0.480 e. The quantitative estimate of drug-likeness (QED) is 0.412. The van der Waals surface area contributed by atoms with Crippen LogP contribution in [-0.4, -0.2) is 42.6 Å². The highest BCUT2D eigenvalue weighted by molar-refractivity contribution is 6.05. The molecule has 1 aromatic carbocycles. The molecule has 0 aliphatic carbocycles. The number of rotatable bonds is 7. The van der Waals surface area contributed by atoms with Gasteiger partial charge in [0.05, 0.1) is 30.3 Å². The van der Waals surface area contributed by atoms with Crippen molar-refractivity contribution in [3.63, 3.8) is 0 Å². The van der Waals surface area contributed by atoms with Crippen molar-refractivity contribution in [2.24, 2.45) is 16.6 Å². The third kappa shape index (κ3) is 4.53. The van der Waals surface area contributed by atoms with Gasteiger partial charge in [0.25, 0.3) is 5.69 Å². The number of para-hydroxylation sites is 1. The van der Waals surface area contributed by atoms with Crippen LogP contribution < -0.4 is 5.73 Å². The molecule has 0 bridgehead atoms. The Bertz CT molecular complexity index is 863. The van der Waals surface area contributed by atoms with Crippen LogP contribution in [-0.2, 0) is 23.8 Å². The van der Waals surface area contributed by atoms with E-state index >= 15 is 0 Å². The molecule has 156 valence electrons. The van der Waals surface area contributed by atoms with Gasteiger partial charge in [-0.15, -0.1) is 0 Å². The summed E-state index contributed by atoms with van der Waals surface area (Å²) < 4.78 is 15.7. The van der Waals surface area contributed by atoms with Gasteiger partial charge in [0.1, 0.15) is 11.7 Å². The van der Waals surface area contributed by atoms with E-state index < -0.39 is 28.7 Å². The fourth-order valence-electron chi connectivity index (χ4n) is 3.15. The number of nitrogens with zero attached hydrogens (tertiary/aromatic N) is 2. The zero-order valence-electron chi connectivity index (χ0n) is 16.4. The number of nitro benzene ring substituents is 1. The molecule has 2 N–H and O–H groups in total. The van der Waals surface area contributed by atoms with Crippen molar-refractivity contribution < 1.29 is 28.7 Å². The summed E-state index contributed by atoms with van der Waals surface area (Å²) in [5.74, 6) is -4.24. The molecule has 10 nitrogen and oxygen atoms in total. The standard InChI is InChI=1S/C19H23N3O7/c1-4-27-17-15(19(24)29-6-3)13(11-9-7-8-10-12(11)22(25)26)14(16(20)21-17)18(23)28-5-2/h7-10,13,15H,4-6,20H2,1-3H3/t13-,15-/m0/s1. The van der Waals surface area contributed by atoms with Crippen LogP contribution in [0.15, 0.2) is 40.7 Å². The lowest BCUT2D eigenvalue weighted by Crippen LogP contribution is -2.40. The van der Waals surface area contributed by atoms with Crippen molar-refractivity contribution in [2.75, 3.05) is 19.8 Å².